The summed E-state index contributed by atoms with van der Waals surface area (Å²) in [5.74, 6) is 0.479. The Morgan fingerprint density at radius 3 is 2.45 bits per heavy atom. The first-order valence-electron chi connectivity index (χ1n) is 6.16. The van der Waals surface area contributed by atoms with Crippen LogP contribution in [-0.2, 0) is 0 Å². The van der Waals surface area contributed by atoms with Crippen LogP contribution in [0, 0.1) is 24.0 Å². The lowest BCUT2D eigenvalue weighted by atomic mass is 10.1. The molecule has 2 aromatic carbocycles. The minimum absolute atomic E-state index is 0.000577. The van der Waals surface area contributed by atoms with Crippen molar-refractivity contribution in [1.82, 2.24) is 4.98 Å². The maximum Gasteiger partial charge on any atom is 0.273 e. The predicted molar refractivity (Wildman–Crippen MR) is 75.6 cm³/mol. The fourth-order valence-electron chi connectivity index (χ4n) is 2.25. The first kappa shape index (κ1) is 12.3. The quantitative estimate of drug-likeness (QED) is 0.520. The molecule has 0 aliphatic heterocycles. The van der Waals surface area contributed by atoms with E-state index in [1.807, 2.05) is 26.0 Å². The summed E-state index contributed by atoms with van der Waals surface area (Å²) in [4.78, 5) is 14.7. The van der Waals surface area contributed by atoms with Crippen LogP contribution in [0.5, 0.6) is 0 Å². The Kier molecular flexibility index (Phi) is 2.75. The van der Waals surface area contributed by atoms with Gasteiger partial charge in [0.2, 0.25) is 5.89 Å². The topological polar surface area (TPSA) is 69.2 Å². The highest BCUT2D eigenvalue weighted by Crippen LogP contribution is 2.28. The number of oxazole rings is 1. The Morgan fingerprint density at radius 1 is 1.10 bits per heavy atom. The number of aryl methyl sites for hydroxylation is 2. The summed E-state index contributed by atoms with van der Waals surface area (Å²) in [7, 11) is 0. The maximum absolute atomic E-state index is 10.8. The lowest BCUT2D eigenvalue weighted by molar-refractivity contribution is -0.384. The Morgan fingerprint density at radius 2 is 1.80 bits per heavy atom. The SMILES string of the molecule is Cc1cc(C)cc(-c2nc3ccc([N+](=O)[O-])cc3o2)c1. The van der Waals surface area contributed by atoms with E-state index in [2.05, 4.69) is 11.1 Å². The standard InChI is InChI=1S/C15H12N2O3/c1-9-5-10(2)7-11(6-9)15-16-13-4-3-12(17(18)19)8-14(13)20-15/h3-8H,1-2H3. The van der Waals surface area contributed by atoms with Gasteiger partial charge in [-0.05, 0) is 32.0 Å². The zero-order valence-corrected chi connectivity index (χ0v) is 11.1. The van der Waals surface area contributed by atoms with E-state index in [9.17, 15) is 10.1 Å². The number of hydrogen-bond donors (Lipinski definition) is 0. The van der Waals surface area contributed by atoms with Crippen LogP contribution in [0.4, 0.5) is 5.69 Å². The molecule has 0 saturated heterocycles. The van der Waals surface area contributed by atoms with Gasteiger partial charge in [0.05, 0.1) is 11.0 Å². The van der Waals surface area contributed by atoms with E-state index in [1.54, 1.807) is 6.07 Å². The fourth-order valence-corrected chi connectivity index (χ4v) is 2.25. The van der Waals surface area contributed by atoms with E-state index in [-0.39, 0.29) is 5.69 Å². The summed E-state index contributed by atoms with van der Waals surface area (Å²) < 4.78 is 5.64. The number of aromatic nitrogens is 1. The van der Waals surface area contributed by atoms with Gasteiger partial charge in [-0.1, -0.05) is 17.2 Å². The highest BCUT2D eigenvalue weighted by Gasteiger charge is 2.13. The third-order valence-electron chi connectivity index (χ3n) is 3.05. The van der Waals surface area contributed by atoms with Crippen LogP contribution in [0.25, 0.3) is 22.6 Å². The molecule has 1 heterocycles. The Hall–Kier alpha value is -2.69. The van der Waals surface area contributed by atoms with E-state index < -0.39 is 4.92 Å². The minimum Gasteiger partial charge on any atom is -0.436 e. The van der Waals surface area contributed by atoms with Crippen molar-refractivity contribution in [3.8, 4) is 11.5 Å². The van der Waals surface area contributed by atoms with Crippen LogP contribution in [0.3, 0.4) is 0 Å². The predicted octanol–water partition coefficient (Wildman–Crippen LogP) is 4.02. The highest BCUT2D eigenvalue weighted by atomic mass is 16.6. The van der Waals surface area contributed by atoms with Crippen molar-refractivity contribution in [3.05, 3.63) is 57.6 Å². The lowest BCUT2D eigenvalue weighted by Gasteiger charge is -2.00. The first-order chi connectivity index (χ1) is 9.52. The maximum atomic E-state index is 10.8. The lowest BCUT2D eigenvalue weighted by Crippen LogP contribution is -1.86. The molecule has 3 rings (SSSR count). The van der Waals surface area contributed by atoms with Crippen LogP contribution in [0.2, 0.25) is 0 Å². The molecule has 0 spiro atoms. The molecule has 20 heavy (non-hydrogen) atoms. The molecule has 100 valence electrons. The van der Waals surface area contributed by atoms with Crippen molar-refractivity contribution < 1.29 is 9.34 Å². The van der Waals surface area contributed by atoms with Gasteiger partial charge in [-0.3, -0.25) is 10.1 Å². The van der Waals surface area contributed by atoms with Gasteiger partial charge < -0.3 is 4.42 Å². The fraction of sp³-hybridized carbons (Fsp3) is 0.133. The highest BCUT2D eigenvalue weighted by molar-refractivity contribution is 5.78. The second-order valence-corrected chi connectivity index (χ2v) is 4.80. The van der Waals surface area contributed by atoms with Crippen molar-refractivity contribution in [2.24, 2.45) is 0 Å². The average Bonchev–Trinajstić information content (AvgIpc) is 2.80. The van der Waals surface area contributed by atoms with Crippen molar-refractivity contribution in [2.75, 3.05) is 0 Å². The molecule has 0 fully saturated rings. The number of benzene rings is 2. The molecule has 0 aliphatic carbocycles. The number of nitrogens with zero attached hydrogens (tertiary/aromatic N) is 2. The molecule has 1 aromatic heterocycles. The normalized spacial score (nSPS) is 10.9. The summed E-state index contributed by atoms with van der Waals surface area (Å²) in [6.45, 7) is 4.01. The first-order valence-corrected chi connectivity index (χ1v) is 6.16. The minimum atomic E-state index is -0.446. The van der Waals surface area contributed by atoms with Crippen LogP contribution in [0.15, 0.2) is 40.8 Å². The number of rotatable bonds is 2. The van der Waals surface area contributed by atoms with Gasteiger partial charge >= 0.3 is 0 Å². The molecule has 5 heteroatoms. The van der Waals surface area contributed by atoms with Crippen molar-refractivity contribution in [2.45, 2.75) is 13.8 Å². The van der Waals surface area contributed by atoms with Gasteiger partial charge in [0, 0.05) is 11.6 Å². The Bertz CT molecular complexity index is 801. The smallest absolute Gasteiger partial charge is 0.273 e. The third kappa shape index (κ3) is 2.14. The van der Waals surface area contributed by atoms with E-state index in [0.29, 0.717) is 17.0 Å². The van der Waals surface area contributed by atoms with Crippen molar-refractivity contribution in [1.29, 1.82) is 0 Å². The molecule has 0 atom stereocenters. The van der Waals surface area contributed by atoms with Crippen LogP contribution >= 0.6 is 0 Å². The van der Waals surface area contributed by atoms with Gasteiger partial charge in [0.15, 0.2) is 5.58 Å². The van der Waals surface area contributed by atoms with Gasteiger partial charge in [0.25, 0.3) is 5.69 Å². The number of nitro groups is 1. The molecule has 3 aromatic rings. The molecular weight excluding hydrogens is 256 g/mol. The van der Waals surface area contributed by atoms with E-state index in [0.717, 1.165) is 16.7 Å². The molecule has 0 saturated carbocycles. The second-order valence-electron chi connectivity index (χ2n) is 4.80. The molecule has 0 aliphatic rings. The van der Waals surface area contributed by atoms with Crippen LogP contribution in [0.1, 0.15) is 11.1 Å². The summed E-state index contributed by atoms with van der Waals surface area (Å²) in [5.41, 5.74) is 4.15. The number of fused-ring (bicyclic) bond motifs is 1. The average molecular weight is 268 g/mol. The molecular formula is C15H12N2O3. The third-order valence-corrected chi connectivity index (χ3v) is 3.05. The second kappa shape index (κ2) is 4.45. The van der Waals surface area contributed by atoms with Crippen molar-refractivity contribution >= 4 is 16.8 Å². The Balaban J connectivity index is 2.15. The molecule has 0 unspecified atom stereocenters. The van der Waals surface area contributed by atoms with E-state index in [1.165, 1.54) is 12.1 Å². The number of nitro benzene ring substituents is 1. The molecule has 5 nitrogen and oxygen atoms in total. The molecule has 0 radical (unpaired) electrons. The van der Waals surface area contributed by atoms with Crippen LogP contribution in [-0.4, -0.2) is 9.91 Å². The van der Waals surface area contributed by atoms with Gasteiger partial charge in [0.1, 0.15) is 5.52 Å². The monoisotopic (exact) mass is 268 g/mol. The van der Waals surface area contributed by atoms with Crippen molar-refractivity contribution in [3.63, 3.8) is 0 Å². The van der Waals surface area contributed by atoms with E-state index in [4.69, 9.17) is 4.42 Å². The summed E-state index contributed by atoms with van der Waals surface area (Å²) in [5, 5.41) is 10.8. The molecule has 0 N–H and O–H groups in total. The zero-order chi connectivity index (χ0) is 14.3. The molecule has 0 bridgehead atoms. The summed E-state index contributed by atoms with van der Waals surface area (Å²) in [6, 6.07) is 10.4. The number of non-ortho nitro benzene ring substituents is 1. The van der Waals surface area contributed by atoms with Gasteiger partial charge in [-0.25, -0.2) is 4.98 Å². The zero-order valence-electron chi connectivity index (χ0n) is 11.1. The van der Waals surface area contributed by atoms with E-state index >= 15 is 0 Å². The number of hydrogen-bond acceptors (Lipinski definition) is 4. The van der Waals surface area contributed by atoms with Gasteiger partial charge in [-0.15, -0.1) is 0 Å². The Labute approximate surface area is 115 Å². The largest absolute Gasteiger partial charge is 0.436 e. The van der Waals surface area contributed by atoms with Crippen LogP contribution < -0.4 is 0 Å². The van der Waals surface area contributed by atoms with Gasteiger partial charge in [-0.2, -0.15) is 0 Å². The molecule has 0 amide bonds. The summed E-state index contributed by atoms with van der Waals surface area (Å²) >= 11 is 0. The summed E-state index contributed by atoms with van der Waals surface area (Å²) in [6.07, 6.45) is 0.